The Morgan fingerprint density at radius 1 is 1.20 bits per heavy atom. The lowest BCUT2D eigenvalue weighted by atomic mass is 9.85. The first-order valence-electron chi connectivity index (χ1n) is 11.0. The Labute approximate surface area is 176 Å². The minimum absolute atomic E-state index is 0.507. The van der Waals surface area contributed by atoms with E-state index in [-0.39, 0.29) is 0 Å². The molecule has 1 aliphatic heterocycles. The maximum absolute atomic E-state index is 6.26. The van der Waals surface area contributed by atoms with Crippen LogP contribution in [0.1, 0.15) is 37.4 Å². The first-order valence-corrected chi connectivity index (χ1v) is 11.0. The van der Waals surface area contributed by atoms with Crippen LogP contribution >= 0.6 is 0 Å². The summed E-state index contributed by atoms with van der Waals surface area (Å²) in [6.07, 6.45) is 8.37. The zero-order valence-corrected chi connectivity index (χ0v) is 17.3. The highest BCUT2D eigenvalue weighted by atomic mass is 16.5. The summed E-state index contributed by atoms with van der Waals surface area (Å²) >= 11 is 0. The number of fused-ring (bicyclic) bond motifs is 1. The lowest BCUT2D eigenvalue weighted by Crippen LogP contribution is -2.37. The molecule has 158 valence electrons. The fraction of sp³-hybridized carbons (Fsp3) is 0.478. The van der Waals surface area contributed by atoms with Gasteiger partial charge in [-0.2, -0.15) is 0 Å². The highest BCUT2D eigenvalue weighted by molar-refractivity contribution is 5.85. The molecular formula is C23H29N5O2. The first-order chi connectivity index (χ1) is 14.8. The second-order valence-electron chi connectivity index (χ2n) is 8.16. The lowest BCUT2D eigenvalue weighted by Gasteiger charge is -2.26. The second-order valence-corrected chi connectivity index (χ2v) is 8.16. The van der Waals surface area contributed by atoms with Gasteiger partial charge in [0.2, 0.25) is 0 Å². The van der Waals surface area contributed by atoms with Crippen LogP contribution in [-0.2, 0) is 4.74 Å². The average molecular weight is 408 g/mol. The minimum Gasteiger partial charge on any atom is -0.494 e. The van der Waals surface area contributed by atoms with E-state index in [0.717, 1.165) is 67.6 Å². The molecule has 2 fully saturated rings. The van der Waals surface area contributed by atoms with Crippen molar-refractivity contribution in [3.63, 3.8) is 0 Å². The van der Waals surface area contributed by atoms with Gasteiger partial charge >= 0.3 is 0 Å². The molecule has 0 amide bonds. The molecule has 2 N–H and O–H groups in total. The molecule has 1 aliphatic carbocycles. The zero-order valence-electron chi connectivity index (χ0n) is 17.3. The van der Waals surface area contributed by atoms with Crippen molar-refractivity contribution in [2.45, 2.75) is 31.6 Å². The van der Waals surface area contributed by atoms with Crippen molar-refractivity contribution >= 4 is 11.3 Å². The van der Waals surface area contributed by atoms with Crippen LogP contribution in [0.5, 0.6) is 5.75 Å². The van der Waals surface area contributed by atoms with E-state index in [1.54, 1.807) is 6.20 Å². The second kappa shape index (κ2) is 8.62. The van der Waals surface area contributed by atoms with E-state index in [0.29, 0.717) is 18.3 Å². The number of nitrogens with two attached hydrogens (primary N) is 1. The smallest absolute Gasteiger partial charge is 0.150 e. The number of imidazole rings is 1. The Hall–Kier alpha value is -2.64. The quantitative estimate of drug-likeness (QED) is 0.605. The van der Waals surface area contributed by atoms with Crippen molar-refractivity contribution in [2.75, 3.05) is 45.2 Å². The predicted octanol–water partition coefficient (Wildman–Crippen LogP) is 3.35. The number of nitrogen functional groups attached to an aromatic ring is 1. The van der Waals surface area contributed by atoms with E-state index in [2.05, 4.69) is 26.4 Å². The summed E-state index contributed by atoms with van der Waals surface area (Å²) in [5, 5.41) is 0. The molecule has 5 rings (SSSR count). The summed E-state index contributed by atoms with van der Waals surface area (Å²) in [6.45, 7) is 5.44. The van der Waals surface area contributed by atoms with E-state index < -0.39 is 0 Å². The Morgan fingerprint density at radius 3 is 2.87 bits per heavy atom. The summed E-state index contributed by atoms with van der Waals surface area (Å²) in [5.41, 5.74) is 9.06. The van der Waals surface area contributed by atoms with Crippen LogP contribution in [0, 0.1) is 0 Å². The molecule has 1 aromatic carbocycles. The number of morpholine rings is 1. The van der Waals surface area contributed by atoms with Gasteiger partial charge in [-0.3, -0.25) is 9.30 Å². The van der Waals surface area contributed by atoms with Crippen molar-refractivity contribution in [1.29, 1.82) is 0 Å². The van der Waals surface area contributed by atoms with Gasteiger partial charge in [-0.05, 0) is 31.4 Å². The molecule has 1 saturated heterocycles. The lowest BCUT2D eigenvalue weighted by molar-refractivity contribution is 0.0358. The molecule has 2 aliphatic rings. The van der Waals surface area contributed by atoms with Crippen LogP contribution in [0.15, 0.2) is 36.7 Å². The third-order valence-corrected chi connectivity index (χ3v) is 6.18. The summed E-state index contributed by atoms with van der Waals surface area (Å²) in [5.74, 6) is 2.98. The molecule has 1 saturated carbocycles. The van der Waals surface area contributed by atoms with Gasteiger partial charge < -0.3 is 15.2 Å². The number of hydrogen-bond acceptors (Lipinski definition) is 6. The van der Waals surface area contributed by atoms with E-state index in [9.17, 15) is 0 Å². The van der Waals surface area contributed by atoms with Crippen LogP contribution in [0.4, 0.5) is 5.82 Å². The molecule has 0 radical (unpaired) electrons. The molecule has 0 bridgehead atoms. The first kappa shape index (κ1) is 19.3. The van der Waals surface area contributed by atoms with Crippen LogP contribution < -0.4 is 10.5 Å². The van der Waals surface area contributed by atoms with Gasteiger partial charge in [0.15, 0.2) is 0 Å². The van der Waals surface area contributed by atoms with Gasteiger partial charge in [-0.25, -0.2) is 9.97 Å². The summed E-state index contributed by atoms with van der Waals surface area (Å²) < 4.78 is 13.6. The average Bonchev–Trinajstić information content (AvgIpc) is 3.12. The third kappa shape index (κ3) is 3.87. The zero-order chi connectivity index (χ0) is 20.3. The molecule has 0 spiro atoms. The number of benzene rings is 1. The third-order valence-electron chi connectivity index (χ3n) is 6.18. The van der Waals surface area contributed by atoms with Crippen molar-refractivity contribution in [3.8, 4) is 17.0 Å². The van der Waals surface area contributed by atoms with Gasteiger partial charge in [-0.15, -0.1) is 0 Å². The predicted molar refractivity (Wildman–Crippen MR) is 117 cm³/mol. The monoisotopic (exact) mass is 407 g/mol. The molecule has 0 atom stereocenters. The largest absolute Gasteiger partial charge is 0.494 e. The minimum atomic E-state index is 0.507. The van der Waals surface area contributed by atoms with Crippen molar-refractivity contribution in [2.24, 2.45) is 0 Å². The van der Waals surface area contributed by atoms with Crippen LogP contribution in [-0.4, -0.2) is 58.7 Å². The molecular weight excluding hydrogens is 378 g/mol. The number of rotatable bonds is 7. The summed E-state index contributed by atoms with van der Waals surface area (Å²) in [7, 11) is 0. The highest BCUT2D eigenvalue weighted by Crippen LogP contribution is 2.39. The Morgan fingerprint density at radius 2 is 2.07 bits per heavy atom. The Balaban J connectivity index is 1.33. The SMILES string of the molecule is Nc1nccn2c(C3CCC3)nc(-c3cccc(OCCCN4CCOCC4)c3)c12. The fourth-order valence-corrected chi connectivity index (χ4v) is 4.28. The van der Waals surface area contributed by atoms with Crippen molar-refractivity contribution in [3.05, 3.63) is 42.5 Å². The van der Waals surface area contributed by atoms with Gasteiger partial charge in [-0.1, -0.05) is 18.6 Å². The molecule has 0 unspecified atom stereocenters. The number of aromatic nitrogens is 3. The van der Waals surface area contributed by atoms with E-state index in [1.807, 2.05) is 18.3 Å². The van der Waals surface area contributed by atoms with Gasteiger partial charge in [0.25, 0.3) is 0 Å². The standard InChI is InChI=1S/C23H29N5O2/c24-22-21-20(26-23(17-4-1-5-17)28(21)10-8-25-22)18-6-2-7-19(16-18)30-13-3-9-27-11-14-29-15-12-27/h2,6-8,10,16-17H,1,3-5,9,11-15H2,(H2,24,25). The Bertz CT molecular complexity index is 1010. The van der Waals surface area contributed by atoms with Crippen molar-refractivity contribution in [1.82, 2.24) is 19.3 Å². The molecule has 7 nitrogen and oxygen atoms in total. The van der Waals surface area contributed by atoms with Gasteiger partial charge in [0.05, 0.1) is 19.8 Å². The number of anilines is 1. The van der Waals surface area contributed by atoms with Gasteiger partial charge in [0, 0.05) is 43.5 Å². The molecule has 2 aromatic heterocycles. The van der Waals surface area contributed by atoms with Crippen LogP contribution in [0.3, 0.4) is 0 Å². The topological polar surface area (TPSA) is 77.9 Å². The molecule has 3 heterocycles. The van der Waals surface area contributed by atoms with E-state index in [4.69, 9.17) is 20.2 Å². The van der Waals surface area contributed by atoms with E-state index in [1.165, 1.54) is 19.3 Å². The Kier molecular flexibility index (Phi) is 5.55. The van der Waals surface area contributed by atoms with Crippen LogP contribution in [0.2, 0.25) is 0 Å². The molecule has 30 heavy (non-hydrogen) atoms. The summed E-state index contributed by atoms with van der Waals surface area (Å²) in [6, 6.07) is 8.16. The van der Waals surface area contributed by atoms with E-state index >= 15 is 0 Å². The fourth-order valence-electron chi connectivity index (χ4n) is 4.28. The molecule has 3 aromatic rings. The number of hydrogen-bond donors (Lipinski definition) is 1. The van der Waals surface area contributed by atoms with Crippen LogP contribution in [0.25, 0.3) is 16.8 Å². The normalized spacial score (nSPS) is 17.9. The molecule has 7 heteroatoms. The van der Waals surface area contributed by atoms with Crippen molar-refractivity contribution < 1.29 is 9.47 Å². The maximum Gasteiger partial charge on any atom is 0.150 e. The summed E-state index contributed by atoms with van der Waals surface area (Å²) in [4.78, 5) is 11.7. The van der Waals surface area contributed by atoms with Gasteiger partial charge in [0.1, 0.15) is 28.6 Å². The number of nitrogens with zero attached hydrogens (tertiary/aromatic N) is 4. The maximum atomic E-state index is 6.26. The highest BCUT2D eigenvalue weighted by Gasteiger charge is 2.26. The number of ether oxygens (including phenoxy) is 2.